The molecule has 1 aliphatic carbocycles. The van der Waals surface area contributed by atoms with Crippen molar-refractivity contribution in [1.82, 2.24) is 0 Å². The van der Waals surface area contributed by atoms with E-state index in [9.17, 15) is 0 Å². The van der Waals surface area contributed by atoms with Gasteiger partial charge in [-0.2, -0.15) is 0 Å². The molecule has 0 saturated heterocycles. The molecule has 2 N–H and O–H groups in total. The zero-order valence-electron chi connectivity index (χ0n) is 11.2. The predicted molar refractivity (Wildman–Crippen MR) is 78.9 cm³/mol. The lowest BCUT2D eigenvalue weighted by atomic mass is 9.73. The molecule has 1 aromatic rings. The summed E-state index contributed by atoms with van der Waals surface area (Å²) < 4.78 is 0. The molecule has 0 radical (unpaired) electrons. The van der Waals surface area contributed by atoms with Crippen molar-refractivity contribution in [2.24, 2.45) is 17.6 Å². The third kappa shape index (κ3) is 3.49. The molecule has 18 heavy (non-hydrogen) atoms. The minimum Gasteiger partial charge on any atom is -0.327 e. The van der Waals surface area contributed by atoms with E-state index in [4.69, 9.17) is 17.3 Å². The van der Waals surface area contributed by atoms with Crippen molar-refractivity contribution in [1.29, 1.82) is 0 Å². The average Bonchev–Trinajstić information content (AvgIpc) is 2.38. The van der Waals surface area contributed by atoms with E-state index in [0.29, 0.717) is 5.92 Å². The standard InChI is InChI=1S/C16H24ClN/c1-2-13-7-3-4-9-15(13)16(18)11-12-6-5-8-14(17)10-12/h5-6,8,10,13,15-16H,2-4,7,9,11,18H2,1H3. The SMILES string of the molecule is CCC1CCCCC1C(N)Cc1cccc(Cl)c1. The molecule has 1 aromatic carbocycles. The van der Waals surface area contributed by atoms with Crippen molar-refractivity contribution >= 4 is 11.6 Å². The Morgan fingerprint density at radius 2 is 2.11 bits per heavy atom. The van der Waals surface area contributed by atoms with Gasteiger partial charge in [0.05, 0.1) is 0 Å². The Morgan fingerprint density at radius 1 is 1.33 bits per heavy atom. The topological polar surface area (TPSA) is 26.0 Å². The van der Waals surface area contributed by atoms with Gasteiger partial charge in [-0.15, -0.1) is 0 Å². The van der Waals surface area contributed by atoms with E-state index in [1.165, 1.54) is 37.7 Å². The monoisotopic (exact) mass is 265 g/mol. The Hall–Kier alpha value is -0.530. The van der Waals surface area contributed by atoms with Crippen LogP contribution >= 0.6 is 11.6 Å². The first kappa shape index (κ1) is 13.9. The first-order valence-electron chi connectivity index (χ1n) is 7.20. The molecule has 0 aromatic heterocycles. The summed E-state index contributed by atoms with van der Waals surface area (Å²) in [5, 5.41) is 0.815. The van der Waals surface area contributed by atoms with Crippen LogP contribution in [0.3, 0.4) is 0 Å². The highest BCUT2D eigenvalue weighted by atomic mass is 35.5. The summed E-state index contributed by atoms with van der Waals surface area (Å²) >= 11 is 6.03. The van der Waals surface area contributed by atoms with Crippen molar-refractivity contribution in [3.8, 4) is 0 Å². The van der Waals surface area contributed by atoms with Crippen LogP contribution in [0, 0.1) is 11.8 Å². The summed E-state index contributed by atoms with van der Waals surface area (Å²) in [6.45, 7) is 2.30. The van der Waals surface area contributed by atoms with Crippen LogP contribution in [0.4, 0.5) is 0 Å². The average molecular weight is 266 g/mol. The molecule has 0 amide bonds. The van der Waals surface area contributed by atoms with Crippen LogP contribution in [0.5, 0.6) is 0 Å². The predicted octanol–water partition coefficient (Wildman–Crippen LogP) is 4.43. The number of hydrogen-bond acceptors (Lipinski definition) is 1. The molecule has 0 aliphatic heterocycles. The minimum atomic E-state index is 0.286. The zero-order valence-corrected chi connectivity index (χ0v) is 12.0. The second-order valence-corrected chi connectivity index (χ2v) is 6.05. The summed E-state index contributed by atoms with van der Waals surface area (Å²) in [6.07, 6.45) is 7.64. The van der Waals surface area contributed by atoms with Gasteiger partial charge in [0.2, 0.25) is 0 Å². The summed E-state index contributed by atoms with van der Waals surface area (Å²) in [4.78, 5) is 0. The lowest BCUT2D eigenvalue weighted by Gasteiger charge is -2.35. The zero-order chi connectivity index (χ0) is 13.0. The highest BCUT2D eigenvalue weighted by Gasteiger charge is 2.28. The Bertz CT molecular complexity index is 377. The molecule has 2 heteroatoms. The van der Waals surface area contributed by atoms with Gasteiger partial charge < -0.3 is 5.73 Å². The maximum Gasteiger partial charge on any atom is 0.0408 e. The van der Waals surface area contributed by atoms with Gasteiger partial charge in [-0.25, -0.2) is 0 Å². The van der Waals surface area contributed by atoms with Gasteiger partial charge in [0.25, 0.3) is 0 Å². The quantitative estimate of drug-likeness (QED) is 0.857. The maximum atomic E-state index is 6.45. The van der Waals surface area contributed by atoms with E-state index in [-0.39, 0.29) is 6.04 Å². The van der Waals surface area contributed by atoms with Crippen molar-refractivity contribution < 1.29 is 0 Å². The largest absolute Gasteiger partial charge is 0.327 e. The maximum absolute atomic E-state index is 6.45. The van der Waals surface area contributed by atoms with Gasteiger partial charge in [-0.1, -0.05) is 56.3 Å². The number of benzene rings is 1. The Balaban J connectivity index is 1.99. The molecule has 3 unspecified atom stereocenters. The van der Waals surface area contributed by atoms with Crippen molar-refractivity contribution in [2.45, 2.75) is 51.5 Å². The highest BCUT2D eigenvalue weighted by Crippen LogP contribution is 2.34. The van der Waals surface area contributed by atoms with Gasteiger partial charge in [0.15, 0.2) is 0 Å². The lowest BCUT2D eigenvalue weighted by molar-refractivity contribution is 0.195. The van der Waals surface area contributed by atoms with E-state index in [1.807, 2.05) is 18.2 Å². The molecular formula is C16H24ClN. The number of nitrogens with two attached hydrogens (primary N) is 1. The lowest BCUT2D eigenvalue weighted by Crippen LogP contribution is -2.38. The third-order valence-corrected chi connectivity index (χ3v) is 4.64. The number of hydrogen-bond donors (Lipinski definition) is 1. The number of rotatable bonds is 4. The van der Waals surface area contributed by atoms with Crippen molar-refractivity contribution in [3.63, 3.8) is 0 Å². The first-order chi connectivity index (χ1) is 8.70. The molecule has 1 nitrogen and oxygen atoms in total. The van der Waals surface area contributed by atoms with Gasteiger partial charge >= 0.3 is 0 Å². The van der Waals surface area contributed by atoms with Crippen LogP contribution in [-0.4, -0.2) is 6.04 Å². The van der Waals surface area contributed by atoms with Crippen LogP contribution in [-0.2, 0) is 6.42 Å². The van der Waals surface area contributed by atoms with E-state index in [2.05, 4.69) is 13.0 Å². The fourth-order valence-corrected chi connectivity index (χ4v) is 3.61. The molecule has 1 aliphatic rings. The smallest absolute Gasteiger partial charge is 0.0408 e. The molecule has 0 heterocycles. The normalized spacial score (nSPS) is 25.9. The second-order valence-electron chi connectivity index (χ2n) is 5.61. The van der Waals surface area contributed by atoms with Crippen LogP contribution in [0.25, 0.3) is 0 Å². The van der Waals surface area contributed by atoms with E-state index in [1.54, 1.807) is 0 Å². The second kappa shape index (κ2) is 6.58. The molecule has 100 valence electrons. The van der Waals surface area contributed by atoms with Crippen LogP contribution in [0.2, 0.25) is 5.02 Å². The highest BCUT2D eigenvalue weighted by molar-refractivity contribution is 6.30. The minimum absolute atomic E-state index is 0.286. The van der Waals surface area contributed by atoms with Crippen LogP contribution in [0.15, 0.2) is 24.3 Å². The Morgan fingerprint density at radius 3 is 2.83 bits per heavy atom. The summed E-state index contributed by atoms with van der Waals surface area (Å²) in [5.74, 6) is 1.52. The van der Waals surface area contributed by atoms with Gasteiger partial charge in [0, 0.05) is 11.1 Å². The molecule has 0 bridgehead atoms. The summed E-state index contributed by atoms with van der Waals surface area (Å²) in [6, 6.07) is 8.41. The first-order valence-corrected chi connectivity index (χ1v) is 7.58. The summed E-state index contributed by atoms with van der Waals surface area (Å²) in [7, 11) is 0. The molecule has 1 fully saturated rings. The molecule has 3 atom stereocenters. The van der Waals surface area contributed by atoms with Gasteiger partial charge in [-0.3, -0.25) is 0 Å². The van der Waals surface area contributed by atoms with E-state index >= 15 is 0 Å². The van der Waals surface area contributed by atoms with Crippen LogP contribution < -0.4 is 5.73 Å². The Kier molecular flexibility index (Phi) is 5.08. The molecular weight excluding hydrogens is 242 g/mol. The van der Waals surface area contributed by atoms with Crippen LogP contribution in [0.1, 0.15) is 44.6 Å². The van der Waals surface area contributed by atoms with Gasteiger partial charge in [-0.05, 0) is 42.4 Å². The molecule has 2 rings (SSSR count). The Labute approximate surface area is 116 Å². The third-order valence-electron chi connectivity index (χ3n) is 4.40. The molecule has 1 saturated carbocycles. The van der Waals surface area contributed by atoms with Crippen molar-refractivity contribution in [2.75, 3.05) is 0 Å². The van der Waals surface area contributed by atoms with Crippen molar-refractivity contribution in [3.05, 3.63) is 34.9 Å². The number of halogens is 1. The fourth-order valence-electron chi connectivity index (χ4n) is 3.39. The van der Waals surface area contributed by atoms with Gasteiger partial charge in [0.1, 0.15) is 0 Å². The summed E-state index contributed by atoms with van der Waals surface area (Å²) in [5.41, 5.74) is 7.73. The van der Waals surface area contributed by atoms with E-state index < -0.39 is 0 Å². The fraction of sp³-hybridized carbons (Fsp3) is 0.625. The molecule has 0 spiro atoms. The van der Waals surface area contributed by atoms with E-state index in [0.717, 1.165) is 17.4 Å².